The molecule has 0 radical (unpaired) electrons. The zero-order valence-electron chi connectivity index (χ0n) is 9.23. The van der Waals surface area contributed by atoms with Gasteiger partial charge in [-0.1, -0.05) is 0 Å². The minimum Gasteiger partial charge on any atom is -0.468 e. The molecule has 0 aromatic carbocycles. The third-order valence-electron chi connectivity index (χ3n) is 2.56. The topological polar surface area (TPSA) is 78.9 Å². The average Bonchev–Trinajstić information content (AvgIpc) is 2.29. The molecule has 1 saturated heterocycles. The van der Waals surface area contributed by atoms with Gasteiger partial charge in [0.2, 0.25) is 0 Å². The van der Waals surface area contributed by atoms with E-state index in [4.69, 9.17) is 4.74 Å². The van der Waals surface area contributed by atoms with E-state index in [-0.39, 0.29) is 13.0 Å². The van der Waals surface area contributed by atoms with Gasteiger partial charge in [-0.15, -0.1) is 0 Å². The van der Waals surface area contributed by atoms with Gasteiger partial charge in [-0.05, 0) is 12.3 Å². The van der Waals surface area contributed by atoms with Gasteiger partial charge in [0.1, 0.15) is 0 Å². The van der Waals surface area contributed by atoms with Crippen LogP contribution in [0.1, 0.15) is 12.8 Å². The standard InChI is InChI=1S/C10H14O6/c1-14-9(12)8(10(13)15-2)6-3-4-16-7(11)5-6/h6,8H,3-5H2,1-2H3. The monoisotopic (exact) mass is 230 g/mol. The van der Waals surface area contributed by atoms with Crippen LogP contribution >= 0.6 is 0 Å². The Kier molecular flexibility index (Phi) is 4.28. The lowest BCUT2D eigenvalue weighted by atomic mass is 9.86. The van der Waals surface area contributed by atoms with Gasteiger partial charge in [0.15, 0.2) is 5.92 Å². The molecule has 1 aliphatic rings. The van der Waals surface area contributed by atoms with E-state index in [1.165, 1.54) is 14.2 Å². The van der Waals surface area contributed by atoms with E-state index >= 15 is 0 Å². The Labute approximate surface area is 92.8 Å². The summed E-state index contributed by atoms with van der Waals surface area (Å²) >= 11 is 0. The zero-order valence-corrected chi connectivity index (χ0v) is 9.23. The lowest BCUT2D eigenvalue weighted by Crippen LogP contribution is -2.37. The van der Waals surface area contributed by atoms with Crippen LogP contribution in [-0.4, -0.2) is 38.7 Å². The molecule has 90 valence electrons. The second-order valence-corrected chi connectivity index (χ2v) is 3.50. The van der Waals surface area contributed by atoms with E-state index in [0.29, 0.717) is 6.42 Å². The van der Waals surface area contributed by atoms with Gasteiger partial charge in [0, 0.05) is 6.42 Å². The first kappa shape index (κ1) is 12.5. The van der Waals surface area contributed by atoms with Crippen molar-refractivity contribution < 1.29 is 28.6 Å². The second kappa shape index (κ2) is 5.48. The highest BCUT2D eigenvalue weighted by Gasteiger charge is 2.39. The van der Waals surface area contributed by atoms with Crippen LogP contribution in [0.15, 0.2) is 0 Å². The minimum absolute atomic E-state index is 0.0366. The molecule has 1 heterocycles. The third kappa shape index (κ3) is 2.71. The molecular formula is C10H14O6. The van der Waals surface area contributed by atoms with Crippen LogP contribution in [0.5, 0.6) is 0 Å². The Morgan fingerprint density at radius 2 is 1.88 bits per heavy atom. The summed E-state index contributed by atoms with van der Waals surface area (Å²) in [6.07, 6.45) is 0.496. The van der Waals surface area contributed by atoms with Crippen LogP contribution in [0.25, 0.3) is 0 Å². The number of esters is 3. The fourth-order valence-electron chi connectivity index (χ4n) is 1.72. The Morgan fingerprint density at radius 3 is 2.31 bits per heavy atom. The summed E-state index contributed by atoms with van der Waals surface area (Å²) in [5.74, 6) is -3.20. The second-order valence-electron chi connectivity index (χ2n) is 3.50. The number of methoxy groups -OCH3 is 2. The van der Waals surface area contributed by atoms with Crippen molar-refractivity contribution in [3.63, 3.8) is 0 Å². The van der Waals surface area contributed by atoms with Crippen LogP contribution in [-0.2, 0) is 28.6 Å². The highest BCUT2D eigenvalue weighted by molar-refractivity contribution is 5.95. The molecule has 0 bridgehead atoms. The summed E-state index contributed by atoms with van der Waals surface area (Å²) in [4.78, 5) is 34.0. The molecule has 16 heavy (non-hydrogen) atoms. The van der Waals surface area contributed by atoms with Gasteiger partial charge in [-0.25, -0.2) is 0 Å². The fraction of sp³-hybridized carbons (Fsp3) is 0.700. The number of hydrogen-bond donors (Lipinski definition) is 0. The summed E-state index contributed by atoms with van der Waals surface area (Å²) in [6, 6.07) is 0. The molecule has 1 unspecified atom stereocenters. The molecule has 0 aliphatic carbocycles. The minimum atomic E-state index is -1.04. The maximum atomic E-state index is 11.4. The first-order valence-corrected chi connectivity index (χ1v) is 4.91. The van der Waals surface area contributed by atoms with Crippen molar-refractivity contribution in [3.05, 3.63) is 0 Å². The number of ether oxygens (including phenoxy) is 3. The third-order valence-corrected chi connectivity index (χ3v) is 2.56. The van der Waals surface area contributed by atoms with E-state index in [1.54, 1.807) is 0 Å². The van der Waals surface area contributed by atoms with E-state index < -0.39 is 29.7 Å². The van der Waals surface area contributed by atoms with E-state index in [9.17, 15) is 14.4 Å². The molecule has 0 spiro atoms. The fourth-order valence-corrected chi connectivity index (χ4v) is 1.72. The highest BCUT2D eigenvalue weighted by atomic mass is 16.5. The molecule has 0 N–H and O–H groups in total. The Balaban J connectivity index is 2.78. The van der Waals surface area contributed by atoms with Crippen molar-refractivity contribution in [2.24, 2.45) is 11.8 Å². The smallest absolute Gasteiger partial charge is 0.320 e. The molecule has 0 aromatic heterocycles. The molecule has 0 aromatic rings. The lowest BCUT2D eigenvalue weighted by Gasteiger charge is -2.25. The predicted molar refractivity (Wildman–Crippen MR) is 51.2 cm³/mol. The van der Waals surface area contributed by atoms with E-state index in [2.05, 4.69) is 9.47 Å². The Bertz CT molecular complexity index is 282. The van der Waals surface area contributed by atoms with Gasteiger partial charge in [-0.3, -0.25) is 14.4 Å². The summed E-state index contributed by atoms with van der Waals surface area (Å²) in [7, 11) is 2.39. The number of carbonyl (C=O) groups is 3. The number of rotatable bonds is 3. The summed E-state index contributed by atoms with van der Waals surface area (Å²) in [5.41, 5.74) is 0. The summed E-state index contributed by atoms with van der Waals surface area (Å²) < 4.78 is 13.8. The number of carbonyl (C=O) groups excluding carboxylic acids is 3. The van der Waals surface area contributed by atoms with Gasteiger partial charge >= 0.3 is 17.9 Å². The van der Waals surface area contributed by atoms with Gasteiger partial charge in [-0.2, -0.15) is 0 Å². The van der Waals surface area contributed by atoms with Crippen molar-refractivity contribution in [3.8, 4) is 0 Å². The van der Waals surface area contributed by atoms with E-state index in [1.807, 2.05) is 0 Å². The van der Waals surface area contributed by atoms with E-state index in [0.717, 1.165) is 0 Å². The zero-order chi connectivity index (χ0) is 12.1. The highest BCUT2D eigenvalue weighted by Crippen LogP contribution is 2.26. The maximum absolute atomic E-state index is 11.4. The molecule has 1 rings (SSSR count). The first-order valence-electron chi connectivity index (χ1n) is 4.91. The van der Waals surface area contributed by atoms with Crippen molar-refractivity contribution in [1.82, 2.24) is 0 Å². The average molecular weight is 230 g/mol. The Hall–Kier alpha value is -1.59. The van der Waals surface area contributed by atoms with Crippen LogP contribution in [0, 0.1) is 11.8 Å². The quantitative estimate of drug-likeness (QED) is 0.383. The summed E-state index contributed by atoms with van der Waals surface area (Å²) in [6.45, 7) is 0.216. The largest absolute Gasteiger partial charge is 0.468 e. The van der Waals surface area contributed by atoms with Crippen molar-refractivity contribution >= 4 is 17.9 Å². The van der Waals surface area contributed by atoms with Crippen molar-refractivity contribution in [2.75, 3.05) is 20.8 Å². The van der Waals surface area contributed by atoms with Crippen LogP contribution in [0.4, 0.5) is 0 Å². The number of hydrogen-bond acceptors (Lipinski definition) is 6. The first-order chi connectivity index (χ1) is 7.60. The van der Waals surface area contributed by atoms with Gasteiger partial charge in [0.25, 0.3) is 0 Å². The molecule has 6 nitrogen and oxygen atoms in total. The normalized spacial score (nSPS) is 20.2. The maximum Gasteiger partial charge on any atom is 0.320 e. The Morgan fingerprint density at radius 1 is 1.31 bits per heavy atom. The van der Waals surface area contributed by atoms with Gasteiger partial charge < -0.3 is 14.2 Å². The van der Waals surface area contributed by atoms with Gasteiger partial charge in [0.05, 0.1) is 20.8 Å². The SMILES string of the molecule is COC(=O)C(C(=O)OC)C1CCOC(=O)C1. The number of cyclic esters (lactones) is 1. The molecule has 1 aliphatic heterocycles. The molecular weight excluding hydrogens is 216 g/mol. The predicted octanol–water partition coefficient (Wildman–Crippen LogP) is -0.0982. The summed E-state index contributed by atoms with van der Waals surface area (Å²) in [5, 5.41) is 0. The lowest BCUT2D eigenvalue weighted by molar-refractivity contribution is -0.165. The van der Waals surface area contributed by atoms with Crippen molar-refractivity contribution in [1.29, 1.82) is 0 Å². The van der Waals surface area contributed by atoms with Crippen LogP contribution in [0.2, 0.25) is 0 Å². The molecule has 0 amide bonds. The molecule has 0 saturated carbocycles. The molecule has 1 fully saturated rings. The molecule has 1 atom stereocenters. The molecule has 6 heteroatoms. The van der Waals surface area contributed by atoms with Crippen molar-refractivity contribution in [2.45, 2.75) is 12.8 Å². The van der Waals surface area contributed by atoms with Crippen LogP contribution < -0.4 is 0 Å². The van der Waals surface area contributed by atoms with Crippen LogP contribution in [0.3, 0.4) is 0 Å².